The molecule has 0 amide bonds. The molecule has 2 nitrogen and oxygen atoms in total. The molecule has 24 heavy (non-hydrogen) atoms. The zero-order valence-electron chi connectivity index (χ0n) is 13.3. The first-order chi connectivity index (χ1) is 11.8. The molecule has 0 aliphatic heterocycles. The minimum atomic E-state index is -0.0671. The van der Waals surface area contributed by atoms with Crippen LogP contribution in [0.5, 0.6) is 5.75 Å². The molecule has 3 rings (SSSR count). The lowest BCUT2D eigenvalue weighted by Crippen LogP contribution is -2.02. The Kier molecular flexibility index (Phi) is 5.21. The molecule has 0 aliphatic rings. The third kappa shape index (κ3) is 4.20. The molecule has 3 aromatic rings. The van der Waals surface area contributed by atoms with E-state index in [-0.39, 0.29) is 5.78 Å². The summed E-state index contributed by atoms with van der Waals surface area (Å²) in [5, 5.41) is 0. The largest absolute Gasteiger partial charge is 0.488 e. The molecule has 0 N–H and O–H groups in total. The van der Waals surface area contributed by atoms with Gasteiger partial charge in [-0.05, 0) is 29.3 Å². The van der Waals surface area contributed by atoms with Crippen LogP contribution >= 0.6 is 0 Å². The zero-order chi connectivity index (χ0) is 16.6. The van der Waals surface area contributed by atoms with E-state index in [2.05, 4.69) is 0 Å². The topological polar surface area (TPSA) is 26.3 Å². The fourth-order valence-corrected chi connectivity index (χ4v) is 2.36. The lowest BCUT2D eigenvalue weighted by Gasteiger charge is -2.09. The summed E-state index contributed by atoms with van der Waals surface area (Å²) < 4.78 is 5.84. The maximum absolute atomic E-state index is 12.5. The van der Waals surface area contributed by atoms with E-state index in [4.69, 9.17) is 4.74 Å². The Morgan fingerprint density at radius 3 is 2.17 bits per heavy atom. The Morgan fingerprint density at radius 2 is 1.42 bits per heavy atom. The fourth-order valence-electron chi connectivity index (χ4n) is 2.36. The molecule has 0 bridgehead atoms. The number of ether oxygens (including phenoxy) is 1. The van der Waals surface area contributed by atoms with Gasteiger partial charge in [0.05, 0.1) is 5.56 Å². The number of hydrogen-bond donors (Lipinski definition) is 0. The molecule has 0 radical (unpaired) electrons. The monoisotopic (exact) mass is 314 g/mol. The molecule has 0 unspecified atom stereocenters. The second-order valence-corrected chi connectivity index (χ2v) is 5.38. The second-order valence-electron chi connectivity index (χ2n) is 5.38. The lowest BCUT2D eigenvalue weighted by molar-refractivity contribution is 0.104. The summed E-state index contributed by atoms with van der Waals surface area (Å²) in [7, 11) is 0. The van der Waals surface area contributed by atoms with Crippen LogP contribution in [0.25, 0.3) is 6.08 Å². The third-order valence-corrected chi connectivity index (χ3v) is 3.62. The van der Waals surface area contributed by atoms with E-state index in [0.29, 0.717) is 17.9 Å². The average molecular weight is 314 g/mol. The Bertz CT molecular complexity index is 821. The minimum absolute atomic E-state index is 0.0671. The van der Waals surface area contributed by atoms with Gasteiger partial charge in [-0.25, -0.2) is 0 Å². The molecule has 118 valence electrons. The molecule has 0 spiro atoms. The highest BCUT2D eigenvalue weighted by molar-refractivity contribution is 6.08. The predicted molar refractivity (Wildman–Crippen MR) is 97.0 cm³/mol. The highest BCUT2D eigenvalue weighted by Crippen LogP contribution is 2.20. The van der Waals surface area contributed by atoms with Gasteiger partial charge < -0.3 is 4.74 Å². The quantitative estimate of drug-likeness (QED) is 0.464. The summed E-state index contributed by atoms with van der Waals surface area (Å²) in [5.74, 6) is 0.534. The van der Waals surface area contributed by atoms with Crippen molar-refractivity contribution in [2.45, 2.75) is 6.61 Å². The molecule has 0 aliphatic carbocycles. The van der Waals surface area contributed by atoms with Crippen LogP contribution in [-0.4, -0.2) is 5.78 Å². The molecule has 0 fully saturated rings. The Balaban J connectivity index is 1.73. The van der Waals surface area contributed by atoms with Gasteiger partial charge in [0.25, 0.3) is 0 Å². The van der Waals surface area contributed by atoms with Crippen molar-refractivity contribution < 1.29 is 9.53 Å². The van der Waals surface area contributed by atoms with Gasteiger partial charge in [0.15, 0.2) is 5.78 Å². The van der Waals surface area contributed by atoms with E-state index < -0.39 is 0 Å². The van der Waals surface area contributed by atoms with Crippen LogP contribution < -0.4 is 4.74 Å². The van der Waals surface area contributed by atoms with Crippen molar-refractivity contribution >= 4 is 11.9 Å². The van der Waals surface area contributed by atoms with Gasteiger partial charge in [0, 0.05) is 0 Å². The summed E-state index contributed by atoms with van der Waals surface area (Å²) in [4.78, 5) is 12.5. The summed E-state index contributed by atoms with van der Waals surface area (Å²) in [6.07, 6.45) is 3.40. The van der Waals surface area contributed by atoms with Crippen LogP contribution in [0.4, 0.5) is 0 Å². The van der Waals surface area contributed by atoms with Gasteiger partial charge in [0.2, 0.25) is 0 Å². The number of benzene rings is 3. The van der Waals surface area contributed by atoms with Crippen LogP contribution in [0.15, 0.2) is 91.0 Å². The minimum Gasteiger partial charge on any atom is -0.488 e. The summed E-state index contributed by atoms with van der Waals surface area (Å²) in [6.45, 7) is 0.438. The normalized spacial score (nSPS) is 10.7. The lowest BCUT2D eigenvalue weighted by atomic mass is 10.1. The Hall–Kier alpha value is -3.13. The highest BCUT2D eigenvalue weighted by Gasteiger charge is 2.09. The number of carbonyl (C=O) groups excluding carboxylic acids is 1. The molecule has 0 aromatic heterocycles. The number of hydrogen-bond acceptors (Lipinski definition) is 2. The van der Waals surface area contributed by atoms with Crippen molar-refractivity contribution in [3.05, 3.63) is 108 Å². The first kappa shape index (κ1) is 15.8. The smallest absolute Gasteiger partial charge is 0.189 e. The van der Waals surface area contributed by atoms with Gasteiger partial charge in [-0.15, -0.1) is 0 Å². The van der Waals surface area contributed by atoms with Gasteiger partial charge in [-0.2, -0.15) is 0 Å². The number of allylic oxidation sites excluding steroid dienone is 1. The molecule has 0 heterocycles. The molecular weight excluding hydrogens is 296 g/mol. The van der Waals surface area contributed by atoms with E-state index in [1.165, 1.54) is 0 Å². The standard InChI is InChI=1S/C22H18O2/c23-21(16-15-18-9-3-1-4-10-18)20-13-7-8-14-22(20)24-17-19-11-5-2-6-12-19/h1-16H,17H2. The van der Waals surface area contributed by atoms with Crippen LogP contribution in [-0.2, 0) is 6.61 Å². The van der Waals surface area contributed by atoms with E-state index in [1.54, 1.807) is 12.1 Å². The molecule has 3 aromatic carbocycles. The van der Waals surface area contributed by atoms with Gasteiger partial charge >= 0.3 is 0 Å². The first-order valence-corrected chi connectivity index (χ1v) is 7.86. The summed E-state index contributed by atoms with van der Waals surface area (Å²) in [6, 6.07) is 27.0. The molecule has 2 heteroatoms. The van der Waals surface area contributed by atoms with Crippen molar-refractivity contribution in [3.63, 3.8) is 0 Å². The zero-order valence-corrected chi connectivity index (χ0v) is 13.3. The van der Waals surface area contributed by atoms with Gasteiger partial charge in [-0.3, -0.25) is 4.79 Å². The maximum Gasteiger partial charge on any atom is 0.189 e. The second kappa shape index (κ2) is 7.93. The Labute approximate surface area is 142 Å². The van der Waals surface area contributed by atoms with E-state index >= 15 is 0 Å². The molecule has 0 saturated carbocycles. The number of ketones is 1. The Morgan fingerprint density at radius 1 is 0.792 bits per heavy atom. The van der Waals surface area contributed by atoms with Crippen molar-refractivity contribution in [1.82, 2.24) is 0 Å². The van der Waals surface area contributed by atoms with Crippen molar-refractivity contribution in [3.8, 4) is 5.75 Å². The third-order valence-electron chi connectivity index (χ3n) is 3.62. The van der Waals surface area contributed by atoms with Gasteiger partial charge in [-0.1, -0.05) is 78.9 Å². The van der Waals surface area contributed by atoms with Crippen molar-refractivity contribution in [2.24, 2.45) is 0 Å². The maximum atomic E-state index is 12.5. The van der Waals surface area contributed by atoms with Crippen LogP contribution in [0.2, 0.25) is 0 Å². The molecule has 0 saturated heterocycles. The van der Waals surface area contributed by atoms with Gasteiger partial charge in [0.1, 0.15) is 12.4 Å². The molecule has 0 atom stereocenters. The SMILES string of the molecule is O=C(C=Cc1ccccc1)c1ccccc1OCc1ccccc1. The van der Waals surface area contributed by atoms with Crippen molar-refractivity contribution in [2.75, 3.05) is 0 Å². The van der Waals surface area contributed by atoms with Crippen molar-refractivity contribution in [1.29, 1.82) is 0 Å². The van der Waals surface area contributed by atoms with E-state index in [9.17, 15) is 4.79 Å². The predicted octanol–water partition coefficient (Wildman–Crippen LogP) is 5.16. The van der Waals surface area contributed by atoms with Crippen LogP contribution in [0.1, 0.15) is 21.5 Å². The average Bonchev–Trinajstić information content (AvgIpc) is 2.66. The number of carbonyl (C=O) groups is 1. The fraction of sp³-hybridized carbons (Fsp3) is 0.0455. The first-order valence-electron chi connectivity index (χ1n) is 7.86. The molecular formula is C22H18O2. The number of rotatable bonds is 6. The van der Waals surface area contributed by atoms with Crippen LogP contribution in [0, 0.1) is 0 Å². The number of para-hydroxylation sites is 1. The highest BCUT2D eigenvalue weighted by atomic mass is 16.5. The summed E-state index contributed by atoms with van der Waals surface area (Å²) in [5.41, 5.74) is 2.63. The van der Waals surface area contributed by atoms with Crippen LogP contribution in [0.3, 0.4) is 0 Å². The van der Waals surface area contributed by atoms with E-state index in [1.807, 2.05) is 84.9 Å². The van der Waals surface area contributed by atoms with E-state index in [0.717, 1.165) is 11.1 Å². The summed E-state index contributed by atoms with van der Waals surface area (Å²) >= 11 is 0.